The number of benzene rings is 1. The van der Waals surface area contributed by atoms with Crippen LogP contribution in [-0.4, -0.2) is 29.3 Å². The third-order valence-electron chi connectivity index (χ3n) is 2.96. The predicted molar refractivity (Wildman–Crippen MR) is 60.4 cm³/mol. The first-order valence-electron chi connectivity index (χ1n) is 5.32. The number of phenols is 1. The molecule has 1 aliphatic heterocycles. The van der Waals surface area contributed by atoms with Gasteiger partial charge in [-0.05, 0) is 30.7 Å². The number of aliphatic hydroxyl groups excluding tert-OH is 1. The summed E-state index contributed by atoms with van der Waals surface area (Å²) in [6, 6.07) is 5.09. The Labute approximate surface area is 94.1 Å². The van der Waals surface area contributed by atoms with Crippen LogP contribution in [0.3, 0.4) is 0 Å². The molecule has 1 atom stereocenters. The van der Waals surface area contributed by atoms with Crippen LogP contribution in [0.5, 0.6) is 5.75 Å². The van der Waals surface area contributed by atoms with Gasteiger partial charge in [0.05, 0.1) is 0 Å². The molecule has 1 amide bonds. The van der Waals surface area contributed by atoms with Crippen LogP contribution in [0.4, 0.5) is 5.69 Å². The number of aliphatic hydroxyl groups is 1. The molecule has 16 heavy (non-hydrogen) atoms. The maximum atomic E-state index is 11.7. The van der Waals surface area contributed by atoms with E-state index in [1.54, 1.807) is 30.0 Å². The van der Waals surface area contributed by atoms with Crippen molar-refractivity contribution < 1.29 is 15.0 Å². The van der Waals surface area contributed by atoms with Gasteiger partial charge in [0, 0.05) is 31.2 Å². The third kappa shape index (κ3) is 1.88. The Hall–Kier alpha value is -1.55. The van der Waals surface area contributed by atoms with Gasteiger partial charge in [-0.3, -0.25) is 4.79 Å². The summed E-state index contributed by atoms with van der Waals surface area (Å²) in [5, 5.41) is 18.4. The van der Waals surface area contributed by atoms with Crippen LogP contribution in [0, 0.1) is 12.8 Å². The largest absolute Gasteiger partial charge is 0.508 e. The first-order chi connectivity index (χ1) is 7.61. The number of hydrogen-bond donors (Lipinski definition) is 2. The van der Waals surface area contributed by atoms with E-state index >= 15 is 0 Å². The summed E-state index contributed by atoms with van der Waals surface area (Å²) in [7, 11) is 0. The van der Waals surface area contributed by atoms with E-state index in [1.165, 1.54) is 0 Å². The standard InChI is InChI=1S/C12H15NO3/c1-8-4-10(2-3-11(8)15)13-6-9(7-14)5-12(13)16/h2-4,9,14-15H,5-7H2,1H3. The lowest BCUT2D eigenvalue weighted by molar-refractivity contribution is -0.117. The van der Waals surface area contributed by atoms with Crippen molar-refractivity contribution in [3.8, 4) is 5.75 Å². The summed E-state index contributed by atoms with van der Waals surface area (Å²) in [6.07, 6.45) is 0.399. The minimum atomic E-state index is 0.0293. The Kier molecular flexibility index (Phi) is 2.83. The number of carbonyl (C=O) groups is 1. The summed E-state index contributed by atoms with van der Waals surface area (Å²) in [6.45, 7) is 2.39. The lowest BCUT2D eigenvalue weighted by Gasteiger charge is -2.17. The zero-order valence-electron chi connectivity index (χ0n) is 9.18. The van der Waals surface area contributed by atoms with Crippen LogP contribution in [0.25, 0.3) is 0 Å². The molecular weight excluding hydrogens is 206 g/mol. The molecule has 0 saturated carbocycles. The van der Waals surface area contributed by atoms with Gasteiger partial charge < -0.3 is 15.1 Å². The molecule has 1 heterocycles. The summed E-state index contributed by atoms with van der Waals surface area (Å²) < 4.78 is 0. The molecule has 1 aliphatic rings. The second kappa shape index (κ2) is 4.14. The molecular formula is C12H15NO3. The highest BCUT2D eigenvalue weighted by Crippen LogP contribution is 2.28. The number of anilines is 1. The molecule has 0 aliphatic carbocycles. The van der Waals surface area contributed by atoms with E-state index in [2.05, 4.69) is 0 Å². The molecule has 2 rings (SSSR count). The fourth-order valence-corrected chi connectivity index (χ4v) is 1.96. The molecule has 1 aromatic rings. The van der Waals surface area contributed by atoms with Crippen molar-refractivity contribution in [3.05, 3.63) is 23.8 Å². The monoisotopic (exact) mass is 221 g/mol. The van der Waals surface area contributed by atoms with Gasteiger partial charge in [-0.15, -0.1) is 0 Å². The van der Waals surface area contributed by atoms with Crippen molar-refractivity contribution in [2.75, 3.05) is 18.1 Å². The van der Waals surface area contributed by atoms with E-state index in [9.17, 15) is 9.90 Å². The average molecular weight is 221 g/mol. The number of carbonyl (C=O) groups excluding carboxylic acids is 1. The molecule has 0 aromatic heterocycles. The van der Waals surface area contributed by atoms with Gasteiger partial charge in [-0.1, -0.05) is 0 Å². The lowest BCUT2D eigenvalue weighted by atomic mass is 10.1. The summed E-state index contributed by atoms with van der Waals surface area (Å²) in [5.41, 5.74) is 1.54. The normalized spacial score (nSPS) is 20.5. The summed E-state index contributed by atoms with van der Waals surface area (Å²) in [5.74, 6) is 0.292. The van der Waals surface area contributed by atoms with E-state index < -0.39 is 0 Å². The number of nitrogens with zero attached hydrogens (tertiary/aromatic N) is 1. The maximum Gasteiger partial charge on any atom is 0.227 e. The molecule has 0 radical (unpaired) electrons. The van der Waals surface area contributed by atoms with Crippen LogP contribution in [0.1, 0.15) is 12.0 Å². The van der Waals surface area contributed by atoms with Crippen molar-refractivity contribution in [3.63, 3.8) is 0 Å². The SMILES string of the molecule is Cc1cc(N2CC(CO)CC2=O)ccc1O. The highest BCUT2D eigenvalue weighted by Gasteiger charge is 2.30. The van der Waals surface area contributed by atoms with E-state index in [0.717, 1.165) is 11.3 Å². The summed E-state index contributed by atoms with van der Waals surface area (Å²) in [4.78, 5) is 13.4. The Morgan fingerprint density at radius 3 is 2.81 bits per heavy atom. The van der Waals surface area contributed by atoms with E-state index in [-0.39, 0.29) is 24.2 Å². The molecule has 4 nitrogen and oxygen atoms in total. The maximum absolute atomic E-state index is 11.7. The molecule has 1 saturated heterocycles. The number of rotatable bonds is 2. The van der Waals surface area contributed by atoms with Gasteiger partial charge in [0.15, 0.2) is 0 Å². The molecule has 1 aromatic carbocycles. The van der Waals surface area contributed by atoms with Crippen molar-refractivity contribution in [2.45, 2.75) is 13.3 Å². The zero-order chi connectivity index (χ0) is 11.7. The minimum Gasteiger partial charge on any atom is -0.508 e. The second-order valence-electron chi connectivity index (χ2n) is 4.23. The van der Waals surface area contributed by atoms with Crippen LogP contribution in [0.2, 0.25) is 0 Å². The van der Waals surface area contributed by atoms with E-state index in [0.29, 0.717) is 13.0 Å². The number of hydrogen-bond acceptors (Lipinski definition) is 3. The van der Waals surface area contributed by atoms with Crippen LogP contribution >= 0.6 is 0 Å². The van der Waals surface area contributed by atoms with Gasteiger partial charge in [0.25, 0.3) is 0 Å². The highest BCUT2D eigenvalue weighted by molar-refractivity contribution is 5.95. The van der Waals surface area contributed by atoms with E-state index in [4.69, 9.17) is 5.11 Å². The minimum absolute atomic E-state index is 0.0293. The third-order valence-corrected chi connectivity index (χ3v) is 2.96. The van der Waals surface area contributed by atoms with Gasteiger partial charge in [0.2, 0.25) is 5.91 Å². The number of phenolic OH excluding ortho intramolecular Hbond substituents is 1. The van der Waals surface area contributed by atoms with Crippen LogP contribution < -0.4 is 4.90 Å². The Morgan fingerprint density at radius 1 is 1.50 bits per heavy atom. The number of amides is 1. The Morgan fingerprint density at radius 2 is 2.25 bits per heavy atom. The smallest absolute Gasteiger partial charge is 0.227 e. The van der Waals surface area contributed by atoms with Crippen molar-refractivity contribution in [1.29, 1.82) is 0 Å². The van der Waals surface area contributed by atoms with Gasteiger partial charge >= 0.3 is 0 Å². The number of aromatic hydroxyl groups is 1. The highest BCUT2D eigenvalue weighted by atomic mass is 16.3. The fraction of sp³-hybridized carbons (Fsp3) is 0.417. The van der Waals surface area contributed by atoms with Crippen LogP contribution in [-0.2, 0) is 4.79 Å². The average Bonchev–Trinajstić information content (AvgIpc) is 2.64. The molecule has 2 N–H and O–H groups in total. The second-order valence-corrected chi connectivity index (χ2v) is 4.23. The van der Waals surface area contributed by atoms with Crippen molar-refractivity contribution >= 4 is 11.6 Å². The molecule has 1 fully saturated rings. The van der Waals surface area contributed by atoms with Crippen molar-refractivity contribution in [2.24, 2.45) is 5.92 Å². The first-order valence-corrected chi connectivity index (χ1v) is 5.32. The quantitative estimate of drug-likeness (QED) is 0.784. The lowest BCUT2D eigenvalue weighted by Crippen LogP contribution is -2.24. The topological polar surface area (TPSA) is 60.8 Å². The molecule has 0 spiro atoms. The molecule has 4 heteroatoms. The van der Waals surface area contributed by atoms with Gasteiger partial charge in [0.1, 0.15) is 5.75 Å². The fourth-order valence-electron chi connectivity index (χ4n) is 1.96. The van der Waals surface area contributed by atoms with Crippen molar-refractivity contribution in [1.82, 2.24) is 0 Å². The first kappa shape index (κ1) is 11.0. The van der Waals surface area contributed by atoms with Gasteiger partial charge in [-0.25, -0.2) is 0 Å². The predicted octanol–water partition coefficient (Wildman–Crippen LogP) is 1.05. The molecule has 86 valence electrons. The zero-order valence-corrected chi connectivity index (χ0v) is 9.18. The van der Waals surface area contributed by atoms with Gasteiger partial charge in [-0.2, -0.15) is 0 Å². The Bertz CT molecular complexity index is 417. The van der Waals surface area contributed by atoms with Crippen LogP contribution in [0.15, 0.2) is 18.2 Å². The number of aryl methyl sites for hydroxylation is 1. The summed E-state index contributed by atoms with van der Waals surface area (Å²) >= 11 is 0. The molecule has 1 unspecified atom stereocenters. The Balaban J connectivity index is 2.24. The van der Waals surface area contributed by atoms with E-state index in [1.807, 2.05) is 0 Å². The molecule has 0 bridgehead atoms.